The van der Waals surface area contributed by atoms with Gasteiger partial charge in [-0.1, -0.05) is 18.1 Å². The lowest BCUT2D eigenvalue weighted by Gasteiger charge is -2.08. The summed E-state index contributed by atoms with van der Waals surface area (Å²) in [5.41, 5.74) is 6.64. The van der Waals surface area contributed by atoms with E-state index in [2.05, 4.69) is 15.8 Å². The molecule has 0 fully saturated rings. The minimum atomic E-state index is -0.691. The van der Waals surface area contributed by atoms with Crippen molar-refractivity contribution in [2.45, 2.75) is 0 Å². The van der Waals surface area contributed by atoms with Crippen LogP contribution < -0.4 is 5.73 Å². The van der Waals surface area contributed by atoms with E-state index in [1.54, 1.807) is 24.3 Å². The zero-order valence-electron chi connectivity index (χ0n) is 10.6. The van der Waals surface area contributed by atoms with Gasteiger partial charge in [-0.15, -0.1) is 6.42 Å². The minimum Gasteiger partial charge on any atom is -0.464 e. The van der Waals surface area contributed by atoms with Crippen molar-refractivity contribution in [3.8, 4) is 24.1 Å². The lowest BCUT2D eigenvalue weighted by atomic mass is 10.2. The van der Waals surface area contributed by atoms with Gasteiger partial charge in [0.05, 0.1) is 12.8 Å². The number of methoxy groups -OCH3 is 1. The Morgan fingerprint density at radius 3 is 2.80 bits per heavy atom. The monoisotopic (exact) mass is 266 g/mol. The zero-order valence-corrected chi connectivity index (χ0v) is 10.6. The number of para-hydroxylation sites is 1. The van der Waals surface area contributed by atoms with Gasteiger partial charge in [0.1, 0.15) is 11.8 Å². The van der Waals surface area contributed by atoms with Crippen LogP contribution >= 0.6 is 0 Å². The van der Waals surface area contributed by atoms with Crippen molar-refractivity contribution in [1.82, 2.24) is 9.78 Å². The number of terminal acetylenes is 1. The summed E-state index contributed by atoms with van der Waals surface area (Å²) >= 11 is 0. The third-order valence-electron chi connectivity index (χ3n) is 2.69. The Bertz CT molecular complexity index is 762. The molecule has 0 unspecified atom stereocenters. The molecule has 2 aromatic rings. The number of anilines is 1. The number of nitrogen functional groups attached to an aromatic ring is 1. The lowest BCUT2D eigenvalue weighted by Crippen LogP contribution is -2.13. The van der Waals surface area contributed by atoms with Crippen LogP contribution in [0.1, 0.15) is 21.7 Å². The molecule has 6 heteroatoms. The van der Waals surface area contributed by atoms with Gasteiger partial charge in [0.15, 0.2) is 11.4 Å². The van der Waals surface area contributed by atoms with Crippen molar-refractivity contribution in [2.24, 2.45) is 0 Å². The summed E-state index contributed by atoms with van der Waals surface area (Å²) < 4.78 is 5.90. The van der Waals surface area contributed by atoms with Crippen LogP contribution in [0.3, 0.4) is 0 Å². The fraction of sp³-hybridized carbons (Fsp3) is 0.0714. The molecule has 0 saturated heterocycles. The maximum atomic E-state index is 11.8. The molecule has 0 atom stereocenters. The van der Waals surface area contributed by atoms with Gasteiger partial charge < -0.3 is 10.5 Å². The molecule has 2 rings (SSSR count). The average Bonchev–Trinajstić information content (AvgIpc) is 2.83. The third kappa shape index (κ3) is 1.96. The first-order chi connectivity index (χ1) is 9.63. The van der Waals surface area contributed by atoms with E-state index in [4.69, 9.17) is 17.4 Å². The fourth-order valence-corrected chi connectivity index (χ4v) is 1.76. The van der Waals surface area contributed by atoms with Crippen molar-refractivity contribution < 1.29 is 9.53 Å². The van der Waals surface area contributed by atoms with Gasteiger partial charge in [0.2, 0.25) is 0 Å². The van der Waals surface area contributed by atoms with Crippen molar-refractivity contribution in [3.05, 3.63) is 41.2 Å². The maximum Gasteiger partial charge on any atom is 0.359 e. The lowest BCUT2D eigenvalue weighted by molar-refractivity contribution is 0.0591. The highest BCUT2D eigenvalue weighted by molar-refractivity contribution is 5.95. The number of rotatable bonds is 2. The first-order valence-electron chi connectivity index (χ1n) is 5.57. The molecule has 0 amide bonds. The largest absolute Gasteiger partial charge is 0.464 e. The molecule has 98 valence electrons. The summed E-state index contributed by atoms with van der Waals surface area (Å²) in [6, 6.07) is 8.69. The molecule has 0 aliphatic rings. The van der Waals surface area contributed by atoms with Crippen LogP contribution in [0.25, 0.3) is 5.69 Å². The SMILES string of the molecule is C#Cc1ccccc1-n1nc(C#N)c(N)c1C(=O)OC. The Balaban J connectivity index is 2.78. The molecule has 0 bridgehead atoms. The van der Waals surface area contributed by atoms with Gasteiger partial charge in [-0.05, 0) is 12.1 Å². The molecule has 0 spiro atoms. The Labute approximate surface area is 115 Å². The van der Waals surface area contributed by atoms with Crippen LogP contribution in [0, 0.1) is 23.7 Å². The van der Waals surface area contributed by atoms with Gasteiger partial charge in [-0.3, -0.25) is 0 Å². The number of carbonyl (C=O) groups is 1. The molecule has 0 aliphatic heterocycles. The summed E-state index contributed by atoms with van der Waals surface area (Å²) in [6.45, 7) is 0. The Kier molecular flexibility index (Phi) is 3.41. The van der Waals surface area contributed by atoms with E-state index < -0.39 is 5.97 Å². The molecule has 20 heavy (non-hydrogen) atoms. The van der Waals surface area contributed by atoms with Crippen molar-refractivity contribution >= 4 is 11.7 Å². The van der Waals surface area contributed by atoms with Crippen LogP contribution in [-0.4, -0.2) is 22.9 Å². The molecular weight excluding hydrogens is 256 g/mol. The minimum absolute atomic E-state index is 0.0215. The average molecular weight is 266 g/mol. The third-order valence-corrected chi connectivity index (χ3v) is 2.69. The van der Waals surface area contributed by atoms with Crippen molar-refractivity contribution in [1.29, 1.82) is 5.26 Å². The van der Waals surface area contributed by atoms with E-state index in [1.807, 2.05) is 6.07 Å². The topological polar surface area (TPSA) is 93.9 Å². The van der Waals surface area contributed by atoms with Crippen molar-refractivity contribution in [3.63, 3.8) is 0 Å². The summed E-state index contributed by atoms with van der Waals surface area (Å²) in [4.78, 5) is 11.8. The molecule has 0 radical (unpaired) electrons. The number of nitrogens with zero attached hydrogens (tertiary/aromatic N) is 3. The van der Waals surface area contributed by atoms with Crippen LogP contribution in [0.5, 0.6) is 0 Å². The number of esters is 1. The number of hydrogen-bond donors (Lipinski definition) is 1. The van der Waals surface area contributed by atoms with Crippen LogP contribution in [0.15, 0.2) is 24.3 Å². The number of hydrogen-bond acceptors (Lipinski definition) is 5. The first kappa shape index (κ1) is 13.2. The van der Waals surface area contributed by atoms with Gasteiger partial charge in [0, 0.05) is 5.56 Å². The summed E-state index contributed by atoms with van der Waals surface area (Å²) in [7, 11) is 1.22. The number of nitrogens with two attached hydrogens (primary N) is 1. The fourth-order valence-electron chi connectivity index (χ4n) is 1.76. The highest BCUT2D eigenvalue weighted by Crippen LogP contribution is 2.23. The van der Waals surface area contributed by atoms with E-state index in [0.29, 0.717) is 11.3 Å². The van der Waals surface area contributed by atoms with Crippen LogP contribution in [-0.2, 0) is 4.74 Å². The quantitative estimate of drug-likeness (QED) is 0.648. The van der Waals surface area contributed by atoms with Gasteiger partial charge in [0.25, 0.3) is 0 Å². The summed E-state index contributed by atoms with van der Waals surface area (Å²) in [5, 5.41) is 13.0. The molecule has 1 aromatic carbocycles. The predicted molar refractivity (Wildman–Crippen MR) is 72.0 cm³/mol. The molecule has 6 nitrogen and oxygen atoms in total. The van der Waals surface area contributed by atoms with E-state index in [9.17, 15) is 4.79 Å². The van der Waals surface area contributed by atoms with Crippen LogP contribution in [0.4, 0.5) is 5.69 Å². The maximum absolute atomic E-state index is 11.8. The molecule has 2 N–H and O–H groups in total. The van der Waals surface area contributed by atoms with Crippen molar-refractivity contribution in [2.75, 3.05) is 12.8 Å². The standard InChI is InChI=1S/C14H10N4O2/c1-3-9-6-4-5-7-11(9)18-13(14(19)20-2)12(16)10(8-15)17-18/h1,4-7H,16H2,2H3. The summed E-state index contributed by atoms with van der Waals surface area (Å²) in [5.74, 6) is 1.80. The Morgan fingerprint density at radius 1 is 1.50 bits per heavy atom. The number of ether oxygens (including phenoxy) is 1. The predicted octanol–water partition coefficient (Wildman–Crippen LogP) is 1.09. The number of carbonyl (C=O) groups excluding carboxylic acids is 1. The van der Waals surface area contributed by atoms with E-state index in [0.717, 1.165) is 0 Å². The normalized spacial score (nSPS) is 9.55. The highest BCUT2D eigenvalue weighted by atomic mass is 16.5. The molecule has 0 saturated carbocycles. The van der Waals surface area contributed by atoms with Crippen LogP contribution in [0.2, 0.25) is 0 Å². The van der Waals surface area contributed by atoms with Gasteiger partial charge in [-0.25, -0.2) is 9.48 Å². The molecule has 1 aromatic heterocycles. The van der Waals surface area contributed by atoms with E-state index >= 15 is 0 Å². The Hall–Kier alpha value is -3.25. The van der Waals surface area contributed by atoms with Gasteiger partial charge in [-0.2, -0.15) is 10.4 Å². The molecule has 1 heterocycles. The number of nitriles is 1. The van der Waals surface area contributed by atoms with E-state index in [1.165, 1.54) is 11.8 Å². The Morgan fingerprint density at radius 2 is 2.20 bits per heavy atom. The number of benzene rings is 1. The van der Waals surface area contributed by atoms with Gasteiger partial charge >= 0.3 is 5.97 Å². The first-order valence-corrected chi connectivity index (χ1v) is 5.57. The second-order valence-corrected chi connectivity index (χ2v) is 3.79. The zero-order chi connectivity index (χ0) is 14.7. The second-order valence-electron chi connectivity index (χ2n) is 3.79. The second kappa shape index (κ2) is 5.17. The molecule has 0 aliphatic carbocycles. The highest BCUT2D eigenvalue weighted by Gasteiger charge is 2.24. The number of aromatic nitrogens is 2. The molecular formula is C14H10N4O2. The summed E-state index contributed by atoms with van der Waals surface area (Å²) in [6.07, 6.45) is 5.42. The van der Waals surface area contributed by atoms with E-state index in [-0.39, 0.29) is 17.1 Å². The smallest absolute Gasteiger partial charge is 0.359 e.